The summed E-state index contributed by atoms with van der Waals surface area (Å²) in [6.07, 6.45) is -4.66. The van der Waals surface area contributed by atoms with E-state index >= 15 is 0 Å². The highest BCUT2D eigenvalue weighted by Gasteiger charge is 2.29. The summed E-state index contributed by atoms with van der Waals surface area (Å²) in [4.78, 5) is 4.23. The van der Waals surface area contributed by atoms with Gasteiger partial charge in [-0.15, -0.1) is 0 Å². The molecule has 0 amide bonds. The van der Waals surface area contributed by atoms with Crippen LogP contribution in [-0.2, 0) is 24.1 Å². The first-order valence-electron chi connectivity index (χ1n) is 6.74. The second-order valence-corrected chi connectivity index (χ2v) is 4.86. The van der Waals surface area contributed by atoms with Crippen molar-refractivity contribution in [1.82, 2.24) is 4.98 Å². The third-order valence-corrected chi connectivity index (χ3v) is 3.19. The van der Waals surface area contributed by atoms with E-state index in [1.165, 1.54) is 12.1 Å². The standard InChI is InChI=1S/C16H16F3NO2/c1-11(15-4-2-3-14(9-21)20-15)22-10-12-5-7-13(8-6-12)16(17,18)19/h2-8,11,21H,9-10H2,1H3. The Kier molecular flexibility index (Phi) is 5.15. The predicted molar refractivity (Wildman–Crippen MR) is 74.8 cm³/mol. The number of ether oxygens (including phenoxy) is 1. The third-order valence-electron chi connectivity index (χ3n) is 3.19. The van der Waals surface area contributed by atoms with Gasteiger partial charge in [0.1, 0.15) is 0 Å². The van der Waals surface area contributed by atoms with E-state index in [-0.39, 0.29) is 19.3 Å². The number of benzene rings is 1. The summed E-state index contributed by atoms with van der Waals surface area (Å²) in [5, 5.41) is 9.05. The average Bonchev–Trinajstić information content (AvgIpc) is 2.52. The van der Waals surface area contributed by atoms with Gasteiger partial charge < -0.3 is 9.84 Å². The number of nitrogens with zero attached hydrogens (tertiary/aromatic N) is 1. The summed E-state index contributed by atoms with van der Waals surface area (Å²) < 4.78 is 43.0. The van der Waals surface area contributed by atoms with Gasteiger partial charge >= 0.3 is 6.18 Å². The highest BCUT2D eigenvalue weighted by molar-refractivity contribution is 5.24. The second-order valence-electron chi connectivity index (χ2n) is 4.86. The van der Waals surface area contributed by atoms with Crippen LogP contribution in [0.4, 0.5) is 13.2 Å². The zero-order valence-corrected chi connectivity index (χ0v) is 12.0. The van der Waals surface area contributed by atoms with Crippen LogP contribution >= 0.6 is 0 Å². The molecule has 0 radical (unpaired) electrons. The van der Waals surface area contributed by atoms with Crippen LogP contribution in [0.2, 0.25) is 0 Å². The van der Waals surface area contributed by atoms with Gasteiger partial charge in [0.05, 0.1) is 36.3 Å². The van der Waals surface area contributed by atoms with Crippen molar-refractivity contribution in [2.45, 2.75) is 32.4 Å². The summed E-state index contributed by atoms with van der Waals surface area (Å²) in [5.41, 5.74) is 1.18. The molecule has 0 fully saturated rings. The van der Waals surface area contributed by atoms with Crippen molar-refractivity contribution >= 4 is 0 Å². The zero-order chi connectivity index (χ0) is 16.2. The van der Waals surface area contributed by atoms with Gasteiger partial charge in [-0.25, -0.2) is 0 Å². The van der Waals surface area contributed by atoms with E-state index in [4.69, 9.17) is 9.84 Å². The third kappa shape index (κ3) is 4.29. The molecule has 1 atom stereocenters. The zero-order valence-electron chi connectivity index (χ0n) is 12.0. The highest BCUT2D eigenvalue weighted by atomic mass is 19.4. The first kappa shape index (κ1) is 16.5. The smallest absolute Gasteiger partial charge is 0.390 e. The van der Waals surface area contributed by atoms with Crippen LogP contribution in [-0.4, -0.2) is 10.1 Å². The Morgan fingerprint density at radius 1 is 1.14 bits per heavy atom. The number of alkyl halides is 3. The molecule has 3 nitrogen and oxygen atoms in total. The van der Waals surface area contributed by atoms with Crippen LogP contribution < -0.4 is 0 Å². The van der Waals surface area contributed by atoms with Crippen LogP contribution in [0.15, 0.2) is 42.5 Å². The summed E-state index contributed by atoms with van der Waals surface area (Å²) in [6, 6.07) is 10.1. The fourth-order valence-electron chi connectivity index (χ4n) is 1.91. The molecule has 0 aliphatic heterocycles. The molecule has 0 aliphatic carbocycles. The number of hydrogen-bond donors (Lipinski definition) is 1. The number of pyridine rings is 1. The number of aromatic nitrogens is 1. The van der Waals surface area contributed by atoms with Crippen molar-refractivity contribution < 1.29 is 23.0 Å². The maximum absolute atomic E-state index is 12.5. The molecular weight excluding hydrogens is 295 g/mol. The maximum atomic E-state index is 12.5. The van der Waals surface area contributed by atoms with Crippen LogP contribution in [0.25, 0.3) is 0 Å². The van der Waals surface area contributed by atoms with Gasteiger partial charge in [-0.2, -0.15) is 13.2 Å². The Labute approximate surface area is 126 Å². The second kappa shape index (κ2) is 6.89. The van der Waals surface area contributed by atoms with Crippen LogP contribution in [0.5, 0.6) is 0 Å². The van der Waals surface area contributed by atoms with Gasteiger partial charge in [-0.3, -0.25) is 4.98 Å². The molecule has 1 unspecified atom stereocenters. The minimum atomic E-state index is -4.33. The van der Waals surface area contributed by atoms with Crippen molar-refractivity contribution in [1.29, 1.82) is 0 Å². The summed E-state index contributed by atoms with van der Waals surface area (Å²) in [7, 11) is 0. The lowest BCUT2D eigenvalue weighted by Crippen LogP contribution is -2.06. The molecule has 0 aliphatic rings. The molecule has 2 aromatic rings. The Balaban J connectivity index is 1.97. The Morgan fingerprint density at radius 3 is 2.41 bits per heavy atom. The average molecular weight is 311 g/mol. The number of aliphatic hydroxyl groups excluding tert-OH is 1. The van der Waals surface area contributed by atoms with Crippen LogP contribution in [0, 0.1) is 0 Å². The van der Waals surface area contributed by atoms with E-state index in [0.717, 1.165) is 12.1 Å². The molecule has 6 heteroatoms. The molecule has 0 spiro atoms. The fraction of sp³-hybridized carbons (Fsp3) is 0.312. The molecule has 0 saturated carbocycles. The van der Waals surface area contributed by atoms with Gasteiger partial charge in [0.15, 0.2) is 0 Å². The summed E-state index contributed by atoms with van der Waals surface area (Å²) in [6.45, 7) is 1.83. The van der Waals surface area contributed by atoms with Crippen LogP contribution in [0.3, 0.4) is 0 Å². The molecule has 22 heavy (non-hydrogen) atoms. The van der Waals surface area contributed by atoms with E-state index < -0.39 is 11.7 Å². The molecule has 1 heterocycles. The molecule has 0 saturated heterocycles. The number of rotatable bonds is 5. The highest BCUT2D eigenvalue weighted by Crippen LogP contribution is 2.29. The predicted octanol–water partition coefficient (Wildman–Crippen LogP) is 3.87. The van der Waals surface area contributed by atoms with Crippen LogP contribution in [0.1, 0.15) is 35.5 Å². The van der Waals surface area contributed by atoms with E-state index in [0.29, 0.717) is 17.0 Å². The Bertz CT molecular complexity index is 612. The number of hydrogen-bond acceptors (Lipinski definition) is 3. The molecule has 2 rings (SSSR count). The molecule has 0 bridgehead atoms. The normalized spacial score (nSPS) is 13.1. The van der Waals surface area contributed by atoms with Crippen molar-refractivity contribution in [2.75, 3.05) is 0 Å². The van der Waals surface area contributed by atoms with Gasteiger partial charge in [-0.05, 0) is 36.8 Å². The van der Waals surface area contributed by atoms with Crippen molar-refractivity contribution in [3.05, 3.63) is 65.0 Å². The molecule has 1 aromatic carbocycles. The largest absolute Gasteiger partial charge is 0.416 e. The number of halogens is 3. The maximum Gasteiger partial charge on any atom is 0.416 e. The van der Waals surface area contributed by atoms with Crippen molar-refractivity contribution in [3.63, 3.8) is 0 Å². The number of aliphatic hydroxyl groups is 1. The minimum absolute atomic E-state index is 0.153. The Morgan fingerprint density at radius 2 is 1.82 bits per heavy atom. The SMILES string of the molecule is CC(OCc1ccc(C(F)(F)F)cc1)c1cccc(CO)n1. The monoisotopic (exact) mass is 311 g/mol. The van der Waals surface area contributed by atoms with E-state index in [2.05, 4.69) is 4.98 Å². The first-order chi connectivity index (χ1) is 10.4. The lowest BCUT2D eigenvalue weighted by molar-refractivity contribution is -0.137. The molecule has 1 N–H and O–H groups in total. The topological polar surface area (TPSA) is 42.4 Å². The quantitative estimate of drug-likeness (QED) is 0.911. The van der Waals surface area contributed by atoms with E-state index in [1.54, 1.807) is 25.1 Å². The van der Waals surface area contributed by atoms with Gasteiger partial charge in [0, 0.05) is 0 Å². The van der Waals surface area contributed by atoms with Gasteiger partial charge in [0.25, 0.3) is 0 Å². The van der Waals surface area contributed by atoms with E-state index in [1.807, 2.05) is 0 Å². The first-order valence-corrected chi connectivity index (χ1v) is 6.74. The lowest BCUT2D eigenvalue weighted by atomic mass is 10.1. The molecular formula is C16H16F3NO2. The van der Waals surface area contributed by atoms with Gasteiger partial charge in [-0.1, -0.05) is 18.2 Å². The molecule has 1 aromatic heterocycles. The lowest BCUT2D eigenvalue weighted by Gasteiger charge is -2.14. The summed E-state index contributed by atoms with van der Waals surface area (Å²) >= 11 is 0. The summed E-state index contributed by atoms with van der Waals surface area (Å²) in [5.74, 6) is 0. The fourth-order valence-corrected chi connectivity index (χ4v) is 1.91. The van der Waals surface area contributed by atoms with Crippen molar-refractivity contribution in [2.24, 2.45) is 0 Å². The van der Waals surface area contributed by atoms with Crippen molar-refractivity contribution in [3.8, 4) is 0 Å². The molecule has 118 valence electrons. The van der Waals surface area contributed by atoms with E-state index in [9.17, 15) is 13.2 Å². The Hall–Kier alpha value is -1.92. The minimum Gasteiger partial charge on any atom is -0.390 e. The van der Waals surface area contributed by atoms with Gasteiger partial charge in [0.2, 0.25) is 0 Å².